The molecule has 2 amide bonds. The van der Waals surface area contributed by atoms with E-state index in [1.807, 2.05) is 0 Å². The average Bonchev–Trinajstić information content (AvgIpc) is 3.06. The van der Waals surface area contributed by atoms with Gasteiger partial charge >= 0.3 is 12.0 Å². The van der Waals surface area contributed by atoms with E-state index in [0.29, 0.717) is 11.5 Å². The van der Waals surface area contributed by atoms with Crippen molar-refractivity contribution in [2.75, 3.05) is 38.5 Å². The molecular formula is C13H19N3O3S. The summed E-state index contributed by atoms with van der Waals surface area (Å²) in [7, 11) is 1.72. The molecule has 110 valence electrons. The number of likely N-dealkylation sites (N-methyl/N-ethyl adjacent to an activating group) is 1. The number of amides is 2. The van der Waals surface area contributed by atoms with Crippen molar-refractivity contribution in [3.63, 3.8) is 0 Å². The molecule has 0 aliphatic carbocycles. The number of carbonyl (C=O) groups is 2. The Morgan fingerprint density at radius 3 is 2.80 bits per heavy atom. The van der Waals surface area contributed by atoms with E-state index in [-0.39, 0.29) is 11.6 Å². The molecule has 1 aliphatic rings. The number of urea groups is 1. The molecule has 0 radical (unpaired) electrons. The molecule has 7 heteroatoms. The van der Waals surface area contributed by atoms with Crippen LogP contribution in [0.2, 0.25) is 0 Å². The molecule has 0 spiro atoms. The van der Waals surface area contributed by atoms with Crippen molar-refractivity contribution in [1.82, 2.24) is 9.80 Å². The van der Waals surface area contributed by atoms with Crippen molar-refractivity contribution < 1.29 is 14.7 Å². The molecule has 20 heavy (non-hydrogen) atoms. The van der Waals surface area contributed by atoms with Gasteiger partial charge in [-0.25, -0.2) is 9.59 Å². The number of thiophene rings is 1. The number of aromatic carboxylic acids is 1. The van der Waals surface area contributed by atoms with E-state index in [1.165, 1.54) is 30.2 Å². The lowest BCUT2D eigenvalue weighted by Crippen LogP contribution is -2.37. The second-order valence-corrected chi connectivity index (χ2v) is 5.79. The zero-order chi connectivity index (χ0) is 14.5. The second kappa shape index (κ2) is 6.71. The van der Waals surface area contributed by atoms with Crippen molar-refractivity contribution in [2.45, 2.75) is 12.8 Å². The number of likely N-dealkylation sites (tertiary alicyclic amines) is 1. The summed E-state index contributed by atoms with van der Waals surface area (Å²) in [6.07, 6.45) is 2.46. The van der Waals surface area contributed by atoms with Gasteiger partial charge in [-0.1, -0.05) is 0 Å². The minimum absolute atomic E-state index is 0.135. The van der Waals surface area contributed by atoms with Crippen LogP contribution in [0.3, 0.4) is 0 Å². The Hall–Kier alpha value is -1.60. The Kier molecular flexibility index (Phi) is 4.97. The molecule has 2 rings (SSSR count). The summed E-state index contributed by atoms with van der Waals surface area (Å²) >= 11 is 1.22. The van der Waals surface area contributed by atoms with Gasteiger partial charge in [0.1, 0.15) is 5.00 Å². The van der Waals surface area contributed by atoms with Crippen molar-refractivity contribution in [2.24, 2.45) is 0 Å². The van der Waals surface area contributed by atoms with Gasteiger partial charge in [0.25, 0.3) is 0 Å². The molecule has 2 N–H and O–H groups in total. The van der Waals surface area contributed by atoms with Gasteiger partial charge < -0.3 is 14.9 Å². The highest BCUT2D eigenvalue weighted by Crippen LogP contribution is 2.23. The molecule has 0 aromatic carbocycles. The van der Waals surface area contributed by atoms with Gasteiger partial charge in [0, 0.05) is 20.1 Å². The third-order valence-corrected chi connectivity index (χ3v) is 4.24. The number of anilines is 1. The Bertz CT molecular complexity index is 483. The average molecular weight is 297 g/mol. The van der Waals surface area contributed by atoms with Gasteiger partial charge in [-0.15, -0.1) is 11.3 Å². The number of carboxylic acid groups (broad SMARTS) is 1. The molecule has 6 nitrogen and oxygen atoms in total. The Morgan fingerprint density at radius 2 is 2.15 bits per heavy atom. The second-order valence-electron chi connectivity index (χ2n) is 4.87. The fourth-order valence-electron chi connectivity index (χ4n) is 2.17. The van der Waals surface area contributed by atoms with Crippen molar-refractivity contribution in [3.05, 3.63) is 17.0 Å². The Balaban J connectivity index is 1.83. The van der Waals surface area contributed by atoms with Crippen LogP contribution in [-0.2, 0) is 0 Å². The normalized spacial score (nSPS) is 15.2. The van der Waals surface area contributed by atoms with Crippen LogP contribution in [0, 0.1) is 0 Å². The topological polar surface area (TPSA) is 72.9 Å². The predicted octanol–water partition coefficient (Wildman–Crippen LogP) is 2.01. The highest BCUT2D eigenvalue weighted by Gasteiger charge is 2.17. The SMILES string of the molecule is CN(CCN1CCCC1)C(=O)Nc1sccc1C(=O)O. The summed E-state index contributed by atoms with van der Waals surface area (Å²) in [4.78, 5) is 26.9. The summed E-state index contributed by atoms with van der Waals surface area (Å²) in [5.74, 6) is -1.03. The molecule has 1 aromatic rings. The van der Waals surface area contributed by atoms with E-state index in [1.54, 1.807) is 17.3 Å². The fraction of sp³-hybridized carbons (Fsp3) is 0.538. The highest BCUT2D eigenvalue weighted by molar-refractivity contribution is 7.14. The number of carboxylic acids is 1. The van der Waals surface area contributed by atoms with Crippen LogP contribution in [0.4, 0.5) is 9.80 Å². The van der Waals surface area contributed by atoms with Gasteiger partial charge in [0.15, 0.2) is 0 Å². The first-order valence-corrected chi connectivity index (χ1v) is 7.51. The molecule has 0 atom stereocenters. The maximum atomic E-state index is 12.0. The molecule has 0 bridgehead atoms. The number of hydrogen-bond acceptors (Lipinski definition) is 4. The monoisotopic (exact) mass is 297 g/mol. The first-order chi connectivity index (χ1) is 9.58. The zero-order valence-electron chi connectivity index (χ0n) is 11.5. The van der Waals surface area contributed by atoms with E-state index in [0.717, 1.165) is 19.6 Å². The molecule has 1 saturated heterocycles. The van der Waals surface area contributed by atoms with Gasteiger partial charge in [-0.2, -0.15) is 0 Å². The Labute approximate surface area is 122 Å². The molecular weight excluding hydrogens is 278 g/mol. The van der Waals surface area contributed by atoms with Gasteiger partial charge in [-0.05, 0) is 37.4 Å². The van der Waals surface area contributed by atoms with Crippen molar-refractivity contribution in [3.8, 4) is 0 Å². The summed E-state index contributed by atoms with van der Waals surface area (Å²) < 4.78 is 0. The minimum Gasteiger partial charge on any atom is -0.478 e. The lowest BCUT2D eigenvalue weighted by atomic mass is 10.3. The summed E-state index contributed by atoms with van der Waals surface area (Å²) in [6.45, 7) is 3.70. The maximum absolute atomic E-state index is 12.0. The number of nitrogens with one attached hydrogen (secondary N) is 1. The van der Waals surface area contributed by atoms with Gasteiger partial charge in [0.2, 0.25) is 0 Å². The smallest absolute Gasteiger partial charge is 0.338 e. The summed E-state index contributed by atoms with van der Waals surface area (Å²) in [6, 6.07) is 1.22. The molecule has 1 fully saturated rings. The van der Waals surface area contributed by atoms with Crippen LogP contribution >= 0.6 is 11.3 Å². The summed E-state index contributed by atoms with van der Waals surface area (Å²) in [5.41, 5.74) is 0.135. The fourth-order valence-corrected chi connectivity index (χ4v) is 2.93. The quantitative estimate of drug-likeness (QED) is 0.872. The standard InChI is InChI=1S/C13H19N3O3S/c1-15(7-8-16-5-2-3-6-16)13(19)14-11-10(12(17)18)4-9-20-11/h4,9H,2-3,5-8H2,1H3,(H,14,19)(H,17,18). The maximum Gasteiger partial charge on any atom is 0.338 e. The molecule has 2 heterocycles. The van der Waals surface area contributed by atoms with Crippen LogP contribution in [-0.4, -0.2) is 60.1 Å². The first kappa shape index (κ1) is 14.8. The zero-order valence-corrected chi connectivity index (χ0v) is 12.3. The number of carbonyl (C=O) groups excluding carboxylic acids is 1. The number of hydrogen-bond donors (Lipinski definition) is 2. The van der Waals surface area contributed by atoms with E-state index >= 15 is 0 Å². The van der Waals surface area contributed by atoms with Crippen LogP contribution in [0.25, 0.3) is 0 Å². The lowest BCUT2D eigenvalue weighted by Gasteiger charge is -2.21. The first-order valence-electron chi connectivity index (χ1n) is 6.63. The molecule has 0 unspecified atom stereocenters. The number of nitrogens with zero attached hydrogens (tertiary/aromatic N) is 2. The lowest BCUT2D eigenvalue weighted by molar-refractivity contribution is 0.0698. The minimum atomic E-state index is -1.03. The highest BCUT2D eigenvalue weighted by atomic mass is 32.1. The van der Waals surface area contributed by atoms with E-state index < -0.39 is 5.97 Å². The van der Waals surface area contributed by atoms with Crippen molar-refractivity contribution in [1.29, 1.82) is 0 Å². The van der Waals surface area contributed by atoms with Crippen molar-refractivity contribution >= 4 is 28.3 Å². The Morgan fingerprint density at radius 1 is 1.45 bits per heavy atom. The van der Waals surface area contributed by atoms with Gasteiger partial charge in [-0.3, -0.25) is 5.32 Å². The van der Waals surface area contributed by atoms with E-state index in [9.17, 15) is 9.59 Å². The molecule has 0 saturated carbocycles. The van der Waals surface area contributed by atoms with Crippen LogP contribution < -0.4 is 5.32 Å². The molecule has 1 aliphatic heterocycles. The van der Waals surface area contributed by atoms with E-state index in [2.05, 4.69) is 10.2 Å². The largest absolute Gasteiger partial charge is 0.478 e. The van der Waals surface area contributed by atoms with Gasteiger partial charge in [0.05, 0.1) is 5.56 Å². The third kappa shape index (κ3) is 3.71. The van der Waals surface area contributed by atoms with Crippen LogP contribution in [0.15, 0.2) is 11.4 Å². The molecule has 1 aromatic heterocycles. The number of rotatable bonds is 5. The van der Waals surface area contributed by atoms with E-state index in [4.69, 9.17) is 5.11 Å². The summed E-state index contributed by atoms with van der Waals surface area (Å²) in [5, 5.41) is 13.7. The van der Waals surface area contributed by atoms with Crippen LogP contribution in [0.5, 0.6) is 0 Å². The predicted molar refractivity (Wildman–Crippen MR) is 78.6 cm³/mol. The van der Waals surface area contributed by atoms with Crippen LogP contribution in [0.1, 0.15) is 23.2 Å². The third-order valence-electron chi connectivity index (χ3n) is 3.41.